The Morgan fingerprint density at radius 3 is 2.72 bits per heavy atom. The first-order valence-electron chi connectivity index (χ1n) is 7.59. The lowest BCUT2D eigenvalue weighted by Crippen LogP contribution is -2.29. The molecule has 0 saturated carbocycles. The van der Waals surface area contributed by atoms with Crippen molar-refractivity contribution in [3.63, 3.8) is 0 Å². The Morgan fingerprint density at radius 1 is 1.32 bits per heavy atom. The molecule has 1 aliphatic heterocycles. The van der Waals surface area contributed by atoms with Crippen molar-refractivity contribution in [3.05, 3.63) is 47.4 Å². The van der Waals surface area contributed by atoms with E-state index in [1.54, 1.807) is 13.0 Å². The van der Waals surface area contributed by atoms with Crippen molar-refractivity contribution < 1.29 is 27.5 Å². The minimum absolute atomic E-state index is 0.0680. The average Bonchev–Trinajstić information content (AvgIpc) is 3.21. The van der Waals surface area contributed by atoms with Crippen LogP contribution < -0.4 is 9.62 Å². The molecular formula is C16H16N2O6S. The van der Waals surface area contributed by atoms with Crippen molar-refractivity contribution in [2.45, 2.75) is 18.2 Å². The van der Waals surface area contributed by atoms with Crippen molar-refractivity contribution in [1.82, 2.24) is 4.72 Å². The molecule has 1 aliphatic rings. The molecule has 1 aromatic heterocycles. The summed E-state index contributed by atoms with van der Waals surface area (Å²) in [6, 6.07) is 5.78. The van der Waals surface area contributed by atoms with E-state index >= 15 is 0 Å². The third kappa shape index (κ3) is 3.15. The van der Waals surface area contributed by atoms with Gasteiger partial charge in [-0.2, -0.15) is 0 Å². The number of carbonyl (C=O) groups excluding carboxylic acids is 1. The number of sulfonamides is 1. The third-order valence-electron chi connectivity index (χ3n) is 3.90. The first-order valence-corrected chi connectivity index (χ1v) is 9.08. The number of carboxylic acids is 1. The summed E-state index contributed by atoms with van der Waals surface area (Å²) in [4.78, 5) is 25.0. The Bertz CT molecular complexity index is 947. The van der Waals surface area contributed by atoms with Gasteiger partial charge in [0.25, 0.3) is 5.91 Å². The first kappa shape index (κ1) is 17.2. The van der Waals surface area contributed by atoms with Crippen LogP contribution in [0.15, 0.2) is 39.8 Å². The molecule has 1 aromatic carbocycles. The zero-order valence-corrected chi connectivity index (χ0v) is 14.2. The largest absolute Gasteiger partial charge is 0.478 e. The first-order chi connectivity index (χ1) is 11.8. The highest BCUT2D eigenvalue weighted by molar-refractivity contribution is 7.89. The lowest BCUT2D eigenvalue weighted by Gasteiger charge is -2.16. The van der Waals surface area contributed by atoms with Gasteiger partial charge in [0.05, 0.1) is 10.5 Å². The van der Waals surface area contributed by atoms with E-state index in [4.69, 9.17) is 9.52 Å². The highest BCUT2D eigenvalue weighted by Crippen LogP contribution is 2.32. The molecule has 2 aromatic rings. The molecule has 0 saturated heterocycles. The van der Waals surface area contributed by atoms with Crippen LogP contribution in [0.4, 0.5) is 5.69 Å². The Balaban J connectivity index is 1.95. The summed E-state index contributed by atoms with van der Waals surface area (Å²) in [5, 5.41) is 8.92. The van der Waals surface area contributed by atoms with Gasteiger partial charge in [-0.15, -0.1) is 0 Å². The summed E-state index contributed by atoms with van der Waals surface area (Å²) in [6.45, 7) is 2.30. The minimum Gasteiger partial charge on any atom is -0.478 e. The summed E-state index contributed by atoms with van der Waals surface area (Å²) in [7, 11) is -3.64. The van der Waals surface area contributed by atoms with Gasteiger partial charge in [0.2, 0.25) is 10.0 Å². The Kier molecular flexibility index (Phi) is 4.36. The maximum atomic E-state index is 12.6. The number of anilines is 1. The number of furan rings is 1. The van der Waals surface area contributed by atoms with Crippen molar-refractivity contribution in [1.29, 1.82) is 0 Å². The molecule has 0 fully saturated rings. The molecule has 2 heterocycles. The molecular weight excluding hydrogens is 348 g/mol. The van der Waals surface area contributed by atoms with E-state index in [1.165, 1.54) is 17.0 Å². The molecule has 2 N–H and O–H groups in total. The van der Waals surface area contributed by atoms with E-state index in [2.05, 4.69) is 4.72 Å². The van der Waals surface area contributed by atoms with Crippen LogP contribution in [0.5, 0.6) is 0 Å². The van der Waals surface area contributed by atoms with E-state index in [1.807, 2.05) is 0 Å². The highest BCUT2D eigenvalue weighted by Gasteiger charge is 2.29. The molecule has 3 rings (SSSR count). The van der Waals surface area contributed by atoms with Gasteiger partial charge < -0.3 is 14.4 Å². The number of aromatic carboxylic acids is 1. The fourth-order valence-electron chi connectivity index (χ4n) is 2.70. The molecule has 25 heavy (non-hydrogen) atoms. The number of carboxylic acid groups (broad SMARTS) is 1. The van der Waals surface area contributed by atoms with Crippen LogP contribution in [0.1, 0.15) is 33.4 Å². The molecule has 0 radical (unpaired) electrons. The number of nitrogens with one attached hydrogen (secondary N) is 1. The van der Waals surface area contributed by atoms with E-state index in [0.717, 1.165) is 17.9 Å². The van der Waals surface area contributed by atoms with Gasteiger partial charge in [-0.05, 0) is 24.1 Å². The van der Waals surface area contributed by atoms with Gasteiger partial charge in [-0.25, -0.2) is 17.9 Å². The molecule has 9 heteroatoms. The SMILES string of the molecule is CCNS(=O)(=O)c1ccc2c(c1)N(C(=O)c1cc(C(=O)O)co1)CC2. The van der Waals surface area contributed by atoms with E-state index in [-0.39, 0.29) is 22.8 Å². The maximum absolute atomic E-state index is 12.6. The molecule has 8 nitrogen and oxygen atoms in total. The molecule has 0 spiro atoms. The molecule has 132 valence electrons. The van der Waals surface area contributed by atoms with Crippen molar-refractivity contribution in [3.8, 4) is 0 Å². The number of hydrogen-bond donors (Lipinski definition) is 2. The predicted molar refractivity (Wildman–Crippen MR) is 88.4 cm³/mol. The van der Waals surface area contributed by atoms with Gasteiger partial charge in [-0.1, -0.05) is 13.0 Å². The topological polar surface area (TPSA) is 117 Å². The average molecular weight is 364 g/mol. The summed E-state index contributed by atoms with van der Waals surface area (Å²) in [5.74, 6) is -1.81. The fourth-order valence-corrected chi connectivity index (χ4v) is 3.76. The quantitative estimate of drug-likeness (QED) is 0.830. The van der Waals surface area contributed by atoms with Gasteiger partial charge >= 0.3 is 5.97 Å². The smallest absolute Gasteiger partial charge is 0.338 e. The van der Waals surface area contributed by atoms with Crippen molar-refractivity contribution in [2.24, 2.45) is 0 Å². The molecule has 0 aliphatic carbocycles. The van der Waals surface area contributed by atoms with Gasteiger partial charge in [0, 0.05) is 24.8 Å². The summed E-state index contributed by atoms with van der Waals surface area (Å²) in [6.07, 6.45) is 1.58. The summed E-state index contributed by atoms with van der Waals surface area (Å²) < 4.78 is 31.8. The summed E-state index contributed by atoms with van der Waals surface area (Å²) in [5.41, 5.74) is 1.21. The van der Waals surface area contributed by atoms with Crippen LogP contribution in [0.2, 0.25) is 0 Å². The van der Waals surface area contributed by atoms with Crippen LogP contribution in [0.25, 0.3) is 0 Å². The fraction of sp³-hybridized carbons (Fsp3) is 0.250. The van der Waals surface area contributed by atoms with Crippen LogP contribution in [0.3, 0.4) is 0 Å². The zero-order chi connectivity index (χ0) is 18.2. The standard InChI is InChI=1S/C16H16N2O6S/c1-2-17-25(22,23)12-4-3-10-5-6-18(13(10)8-12)15(19)14-7-11(9-24-14)16(20)21/h3-4,7-9,17H,2,5-6H2,1H3,(H,20,21). The predicted octanol–water partition coefficient (Wildman–Crippen LogP) is 1.48. The zero-order valence-electron chi connectivity index (χ0n) is 13.4. The molecule has 0 bridgehead atoms. The van der Waals surface area contributed by atoms with E-state index in [0.29, 0.717) is 18.7 Å². The number of benzene rings is 1. The summed E-state index contributed by atoms with van der Waals surface area (Å²) >= 11 is 0. The van der Waals surface area contributed by atoms with Crippen LogP contribution in [-0.4, -0.2) is 38.5 Å². The number of amides is 1. The number of nitrogens with zero attached hydrogens (tertiary/aromatic N) is 1. The number of fused-ring (bicyclic) bond motifs is 1. The second kappa shape index (κ2) is 6.34. The van der Waals surface area contributed by atoms with Crippen LogP contribution in [0, 0.1) is 0 Å². The third-order valence-corrected chi connectivity index (χ3v) is 5.44. The highest BCUT2D eigenvalue weighted by atomic mass is 32.2. The van der Waals surface area contributed by atoms with Gasteiger partial charge in [0.15, 0.2) is 5.76 Å². The van der Waals surface area contributed by atoms with E-state index < -0.39 is 21.9 Å². The van der Waals surface area contributed by atoms with Crippen molar-refractivity contribution >= 4 is 27.6 Å². The van der Waals surface area contributed by atoms with E-state index in [9.17, 15) is 18.0 Å². The van der Waals surface area contributed by atoms with Gasteiger partial charge in [0.1, 0.15) is 6.26 Å². The van der Waals surface area contributed by atoms with Crippen LogP contribution >= 0.6 is 0 Å². The Morgan fingerprint density at radius 2 is 2.08 bits per heavy atom. The normalized spacial score (nSPS) is 13.7. The molecule has 0 unspecified atom stereocenters. The molecule has 1 amide bonds. The number of hydrogen-bond acceptors (Lipinski definition) is 5. The second-order valence-corrected chi connectivity index (χ2v) is 7.27. The van der Waals surface area contributed by atoms with Crippen LogP contribution in [-0.2, 0) is 16.4 Å². The molecule has 0 atom stereocenters. The lowest BCUT2D eigenvalue weighted by atomic mass is 10.2. The van der Waals surface area contributed by atoms with Crippen molar-refractivity contribution in [2.75, 3.05) is 18.0 Å². The number of rotatable bonds is 5. The minimum atomic E-state index is -3.64. The second-order valence-electron chi connectivity index (χ2n) is 5.50. The monoisotopic (exact) mass is 364 g/mol. The maximum Gasteiger partial charge on any atom is 0.338 e. The lowest BCUT2D eigenvalue weighted by molar-refractivity contribution is 0.0696. The van der Waals surface area contributed by atoms with Gasteiger partial charge in [-0.3, -0.25) is 4.79 Å². The number of carbonyl (C=O) groups is 2. The Labute approximate surface area is 144 Å². The Hall–Kier alpha value is -2.65.